The molecule has 0 aromatic heterocycles. The van der Waals surface area contributed by atoms with Crippen molar-refractivity contribution >= 4 is 17.9 Å². The van der Waals surface area contributed by atoms with Gasteiger partial charge in [0.25, 0.3) is 0 Å². The molecular formula is C9H14N2O4. The highest BCUT2D eigenvalue weighted by molar-refractivity contribution is 5.99. The minimum Gasteiger partial charge on any atom is -0.443 e. The summed E-state index contributed by atoms with van der Waals surface area (Å²) in [6.45, 7) is 5.22. The van der Waals surface area contributed by atoms with Gasteiger partial charge in [0.1, 0.15) is 5.60 Å². The maximum absolute atomic E-state index is 11.2. The Labute approximate surface area is 87.6 Å². The van der Waals surface area contributed by atoms with Gasteiger partial charge >= 0.3 is 12.1 Å². The van der Waals surface area contributed by atoms with E-state index in [2.05, 4.69) is 0 Å². The number of likely N-dealkylation sites (tertiary alicyclic amines) is 1. The number of hydrogen-bond acceptors (Lipinski definition) is 4. The molecule has 1 aliphatic rings. The summed E-state index contributed by atoms with van der Waals surface area (Å²) in [6.07, 6.45) is -0.799. The highest BCUT2D eigenvalue weighted by Gasteiger charge is 2.30. The number of carbonyl (C=O) groups is 3. The average Bonchev–Trinajstić information content (AvgIpc) is 1.94. The van der Waals surface area contributed by atoms with Crippen LogP contribution in [0.1, 0.15) is 20.8 Å². The lowest BCUT2D eigenvalue weighted by molar-refractivity contribution is -0.126. The quantitative estimate of drug-likeness (QED) is 0.637. The van der Waals surface area contributed by atoms with Gasteiger partial charge in [0.15, 0.2) is 5.78 Å². The van der Waals surface area contributed by atoms with Gasteiger partial charge in [-0.05, 0) is 20.8 Å². The Morgan fingerprint density at radius 1 is 1.33 bits per heavy atom. The Morgan fingerprint density at radius 2 is 1.87 bits per heavy atom. The minimum absolute atomic E-state index is 0.0191. The van der Waals surface area contributed by atoms with Crippen LogP contribution in [-0.2, 0) is 9.53 Å². The van der Waals surface area contributed by atoms with Crippen molar-refractivity contribution in [1.29, 1.82) is 0 Å². The summed E-state index contributed by atoms with van der Waals surface area (Å²) in [6, 6.07) is -0.594. The summed E-state index contributed by atoms with van der Waals surface area (Å²) in [7, 11) is 0. The maximum atomic E-state index is 11.2. The number of ketones is 1. The van der Waals surface area contributed by atoms with Crippen molar-refractivity contribution in [3.05, 3.63) is 0 Å². The molecular weight excluding hydrogens is 200 g/mol. The topological polar surface area (TPSA) is 75.7 Å². The Bertz CT molecular complexity index is 298. The van der Waals surface area contributed by atoms with Crippen molar-refractivity contribution in [2.45, 2.75) is 26.4 Å². The Morgan fingerprint density at radius 3 is 2.27 bits per heavy atom. The lowest BCUT2D eigenvalue weighted by Crippen LogP contribution is -2.55. The first-order valence-corrected chi connectivity index (χ1v) is 4.58. The molecule has 0 bridgehead atoms. The van der Waals surface area contributed by atoms with Crippen LogP contribution in [0, 0.1) is 0 Å². The molecule has 0 aromatic rings. The van der Waals surface area contributed by atoms with Gasteiger partial charge in [-0.1, -0.05) is 0 Å². The number of ether oxygens (including phenoxy) is 1. The third-order valence-electron chi connectivity index (χ3n) is 1.63. The van der Waals surface area contributed by atoms with Gasteiger partial charge in [-0.2, -0.15) is 0 Å². The zero-order chi connectivity index (χ0) is 11.6. The highest BCUT2D eigenvalue weighted by Crippen LogP contribution is 2.07. The fraction of sp³-hybridized carbons (Fsp3) is 0.667. The van der Waals surface area contributed by atoms with Crippen molar-refractivity contribution < 1.29 is 19.1 Å². The van der Waals surface area contributed by atoms with Gasteiger partial charge in [-0.25, -0.2) is 14.9 Å². The Kier molecular flexibility index (Phi) is 2.97. The number of hydrogen-bond donors (Lipinski definition) is 1. The molecule has 0 saturated carbocycles. The molecule has 0 atom stereocenters. The first-order chi connectivity index (χ1) is 6.78. The third-order valence-corrected chi connectivity index (χ3v) is 1.63. The SMILES string of the molecule is CC(C)(C)OC(=O)NC(=O)N1CC(=O)C1. The zero-order valence-corrected chi connectivity index (χ0v) is 8.99. The normalized spacial score (nSPS) is 15.7. The molecule has 15 heavy (non-hydrogen) atoms. The third kappa shape index (κ3) is 3.57. The van der Waals surface area contributed by atoms with E-state index in [4.69, 9.17) is 4.74 Å². The number of nitrogens with one attached hydrogen (secondary N) is 1. The first-order valence-electron chi connectivity index (χ1n) is 4.58. The van der Waals surface area contributed by atoms with E-state index in [-0.39, 0.29) is 18.9 Å². The van der Waals surface area contributed by atoms with Gasteiger partial charge < -0.3 is 9.64 Å². The molecule has 0 aromatic carbocycles. The van der Waals surface area contributed by atoms with Gasteiger partial charge in [0.05, 0.1) is 13.1 Å². The number of urea groups is 1. The van der Waals surface area contributed by atoms with Crippen molar-refractivity contribution in [1.82, 2.24) is 10.2 Å². The fourth-order valence-electron chi connectivity index (χ4n) is 0.993. The second-order valence-electron chi connectivity index (χ2n) is 4.33. The van der Waals surface area contributed by atoms with E-state index in [9.17, 15) is 14.4 Å². The summed E-state index contributed by atoms with van der Waals surface area (Å²) in [4.78, 5) is 34.2. The molecule has 6 nitrogen and oxygen atoms in total. The van der Waals surface area contributed by atoms with E-state index in [1.807, 2.05) is 5.32 Å². The van der Waals surface area contributed by atoms with Gasteiger partial charge in [0, 0.05) is 0 Å². The molecule has 3 amide bonds. The van der Waals surface area contributed by atoms with Crippen LogP contribution in [0.5, 0.6) is 0 Å². The van der Waals surface area contributed by atoms with Crippen LogP contribution in [-0.4, -0.2) is 41.5 Å². The molecule has 1 fully saturated rings. The van der Waals surface area contributed by atoms with Gasteiger partial charge in [-0.15, -0.1) is 0 Å². The van der Waals surface area contributed by atoms with Crippen LogP contribution in [0.4, 0.5) is 9.59 Å². The van der Waals surface area contributed by atoms with Crippen molar-refractivity contribution in [3.63, 3.8) is 0 Å². The first kappa shape index (κ1) is 11.5. The number of amides is 3. The number of carbonyl (C=O) groups excluding carboxylic acids is 3. The molecule has 84 valence electrons. The summed E-state index contributed by atoms with van der Waals surface area (Å²) < 4.78 is 4.87. The summed E-state index contributed by atoms with van der Waals surface area (Å²) >= 11 is 0. The predicted octanol–water partition coefficient (Wildman–Crippen LogP) is 0.516. The second kappa shape index (κ2) is 3.88. The number of alkyl carbamates (subject to hydrolysis) is 1. The van der Waals surface area contributed by atoms with E-state index >= 15 is 0 Å². The highest BCUT2D eigenvalue weighted by atomic mass is 16.6. The minimum atomic E-state index is -0.799. The van der Waals surface area contributed by atoms with Crippen LogP contribution in [0.15, 0.2) is 0 Å². The predicted molar refractivity (Wildman–Crippen MR) is 51.3 cm³/mol. The molecule has 0 radical (unpaired) electrons. The molecule has 0 aliphatic carbocycles. The monoisotopic (exact) mass is 214 g/mol. The molecule has 1 rings (SSSR count). The second-order valence-corrected chi connectivity index (χ2v) is 4.33. The van der Waals surface area contributed by atoms with E-state index in [0.29, 0.717) is 0 Å². The van der Waals surface area contributed by atoms with Crippen LogP contribution in [0.3, 0.4) is 0 Å². The van der Waals surface area contributed by atoms with Crippen LogP contribution in [0.25, 0.3) is 0 Å². The molecule has 0 spiro atoms. The van der Waals surface area contributed by atoms with E-state index in [1.54, 1.807) is 20.8 Å². The van der Waals surface area contributed by atoms with E-state index in [1.165, 1.54) is 4.90 Å². The molecule has 0 unspecified atom stereocenters. The summed E-state index contributed by atoms with van der Waals surface area (Å²) in [5.74, 6) is -0.0191. The molecule has 1 aliphatic heterocycles. The van der Waals surface area contributed by atoms with Crippen LogP contribution < -0.4 is 5.32 Å². The summed E-state index contributed by atoms with van der Waals surface area (Å²) in [5.41, 5.74) is -0.644. The van der Waals surface area contributed by atoms with Crippen LogP contribution in [0.2, 0.25) is 0 Å². The smallest absolute Gasteiger partial charge is 0.415 e. The van der Waals surface area contributed by atoms with Gasteiger partial charge in [0.2, 0.25) is 0 Å². The molecule has 6 heteroatoms. The van der Waals surface area contributed by atoms with Crippen molar-refractivity contribution in [2.24, 2.45) is 0 Å². The van der Waals surface area contributed by atoms with E-state index in [0.717, 1.165) is 0 Å². The van der Waals surface area contributed by atoms with Crippen molar-refractivity contribution in [2.75, 3.05) is 13.1 Å². The largest absolute Gasteiger partial charge is 0.443 e. The number of nitrogens with zero attached hydrogens (tertiary/aromatic N) is 1. The molecule has 1 N–H and O–H groups in total. The molecule has 1 saturated heterocycles. The Balaban J connectivity index is 2.32. The summed E-state index contributed by atoms with van der Waals surface area (Å²) in [5, 5.41) is 2.03. The number of Topliss-reactive ketones (excluding diaryl/α,β-unsaturated/α-hetero) is 1. The maximum Gasteiger partial charge on any atom is 0.415 e. The lowest BCUT2D eigenvalue weighted by Gasteiger charge is -2.29. The Hall–Kier alpha value is -1.59. The van der Waals surface area contributed by atoms with E-state index < -0.39 is 17.7 Å². The van der Waals surface area contributed by atoms with Crippen molar-refractivity contribution in [3.8, 4) is 0 Å². The number of imide groups is 1. The number of rotatable bonds is 0. The average molecular weight is 214 g/mol. The van der Waals surface area contributed by atoms with Crippen LogP contribution >= 0.6 is 0 Å². The fourth-order valence-corrected chi connectivity index (χ4v) is 0.993. The molecule has 1 heterocycles. The lowest BCUT2D eigenvalue weighted by atomic mass is 10.2. The zero-order valence-electron chi connectivity index (χ0n) is 8.99. The standard InChI is InChI=1S/C9H14N2O4/c1-9(2,3)15-8(14)10-7(13)11-4-6(12)5-11/h4-5H2,1-3H3,(H,10,13,14). The van der Waals surface area contributed by atoms with Gasteiger partial charge in [-0.3, -0.25) is 4.79 Å².